The molecule has 5 nitrogen and oxygen atoms in total. The summed E-state index contributed by atoms with van der Waals surface area (Å²) in [7, 11) is 0. The Hall–Kier alpha value is -1.63. The monoisotopic (exact) mass is 371 g/mol. The zero-order valence-electron chi connectivity index (χ0n) is 10.9. The fraction of sp³-hybridized carbons (Fsp3) is 0.143. The van der Waals surface area contributed by atoms with Crippen molar-refractivity contribution in [2.75, 3.05) is 0 Å². The van der Waals surface area contributed by atoms with E-state index in [1.165, 1.54) is 12.1 Å². The van der Waals surface area contributed by atoms with E-state index in [9.17, 15) is 15.2 Å². The topological polar surface area (TPSA) is 72.6 Å². The van der Waals surface area contributed by atoms with Crippen LogP contribution in [0.2, 0.25) is 5.02 Å². The predicted octanol–water partition coefficient (Wildman–Crippen LogP) is 4.86. The molecule has 0 saturated carbocycles. The number of aliphatic hydroxyl groups excluding tert-OH is 1. The number of aliphatic hydroxyl groups is 1. The summed E-state index contributed by atoms with van der Waals surface area (Å²) in [5.74, 6) is 0.649. The maximum Gasteiger partial charge on any atom is 0.274 e. The van der Waals surface area contributed by atoms with Crippen LogP contribution in [0.25, 0.3) is 0 Å². The molecule has 0 aliphatic heterocycles. The summed E-state index contributed by atoms with van der Waals surface area (Å²) in [6.07, 6.45) is -0.636. The van der Waals surface area contributed by atoms with Crippen LogP contribution in [0.1, 0.15) is 18.6 Å². The van der Waals surface area contributed by atoms with Crippen molar-refractivity contribution < 1.29 is 14.8 Å². The summed E-state index contributed by atoms with van der Waals surface area (Å²) in [5.41, 5.74) is 0.573. The maximum atomic E-state index is 10.8. The van der Waals surface area contributed by atoms with E-state index in [1.54, 1.807) is 31.2 Å². The third-order valence-electron chi connectivity index (χ3n) is 2.73. The van der Waals surface area contributed by atoms with E-state index < -0.39 is 11.0 Å². The quantitative estimate of drug-likeness (QED) is 0.614. The molecule has 21 heavy (non-hydrogen) atoms. The van der Waals surface area contributed by atoms with Crippen LogP contribution < -0.4 is 4.74 Å². The number of nitro groups is 1. The number of hydrogen-bond acceptors (Lipinski definition) is 4. The molecule has 0 aromatic heterocycles. The van der Waals surface area contributed by atoms with E-state index in [-0.39, 0.29) is 5.69 Å². The summed E-state index contributed by atoms with van der Waals surface area (Å²) in [4.78, 5) is 10.3. The van der Waals surface area contributed by atoms with E-state index in [4.69, 9.17) is 16.3 Å². The van der Waals surface area contributed by atoms with Gasteiger partial charge in [0.25, 0.3) is 5.69 Å². The van der Waals surface area contributed by atoms with E-state index in [0.29, 0.717) is 26.6 Å². The van der Waals surface area contributed by atoms with Gasteiger partial charge in [0.2, 0.25) is 0 Å². The van der Waals surface area contributed by atoms with Gasteiger partial charge in [0.05, 0.1) is 22.1 Å². The minimum absolute atomic E-state index is 0.0869. The average Bonchev–Trinajstić information content (AvgIpc) is 2.40. The molecule has 7 heteroatoms. The highest BCUT2D eigenvalue weighted by atomic mass is 79.9. The Morgan fingerprint density at radius 1 is 1.33 bits per heavy atom. The summed E-state index contributed by atoms with van der Waals surface area (Å²) in [6, 6.07) is 9.17. The highest BCUT2D eigenvalue weighted by molar-refractivity contribution is 9.10. The van der Waals surface area contributed by atoms with Crippen LogP contribution in [0, 0.1) is 10.1 Å². The smallest absolute Gasteiger partial charge is 0.274 e. The van der Waals surface area contributed by atoms with Gasteiger partial charge in [-0.2, -0.15) is 0 Å². The van der Waals surface area contributed by atoms with E-state index in [0.717, 1.165) is 0 Å². The molecule has 0 fully saturated rings. The summed E-state index contributed by atoms with van der Waals surface area (Å²) >= 11 is 9.28. The highest BCUT2D eigenvalue weighted by Gasteiger charge is 2.12. The van der Waals surface area contributed by atoms with E-state index in [2.05, 4.69) is 15.9 Å². The van der Waals surface area contributed by atoms with Gasteiger partial charge in [0, 0.05) is 10.5 Å². The number of nitrogens with zero attached hydrogens (tertiary/aromatic N) is 1. The number of halogens is 2. The molecule has 2 rings (SSSR count). The molecule has 1 atom stereocenters. The zero-order chi connectivity index (χ0) is 15.6. The third kappa shape index (κ3) is 3.93. The van der Waals surface area contributed by atoms with Crippen LogP contribution in [0.3, 0.4) is 0 Å². The molecule has 0 saturated heterocycles. The normalized spacial score (nSPS) is 12.0. The molecule has 1 unspecified atom stereocenters. The van der Waals surface area contributed by atoms with Gasteiger partial charge >= 0.3 is 0 Å². The molecule has 0 heterocycles. The number of nitro benzene ring substituents is 1. The largest absolute Gasteiger partial charge is 0.456 e. The Balaban J connectivity index is 2.32. The van der Waals surface area contributed by atoms with Crippen LogP contribution in [0.4, 0.5) is 5.69 Å². The van der Waals surface area contributed by atoms with Crippen LogP contribution in [0.5, 0.6) is 11.5 Å². The minimum Gasteiger partial charge on any atom is -0.456 e. The van der Waals surface area contributed by atoms with Crippen molar-refractivity contribution in [3.05, 3.63) is 61.6 Å². The molecule has 0 spiro atoms. The number of benzene rings is 2. The molecule has 2 aromatic carbocycles. The lowest BCUT2D eigenvalue weighted by atomic mass is 10.1. The summed E-state index contributed by atoms with van der Waals surface area (Å²) in [6.45, 7) is 1.63. The SMILES string of the molecule is CC(O)c1ccc(Oc2cc(Br)cc([N+](=O)[O-])c2)c(Cl)c1. The van der Waals surface area contributed by atoms with Crippen molar-refractivity contribution in [1.82, 2.24) is 0 Å². The first kappa shape index (κ1) is 15.8. The number of ether oxygens (including phenoxy) is 1. The lowest BCUT2D eigenvalue weighted by molar-refractivity contribution is -0.385. The molecule has 110 valence electrons. The molecular formula is C14H11BrClNO4. The van der Waals surface area contributed by atoms with Crippen molar-refractivity contribution in [2.24, 2.45) is 0 Å². The molecule has 1 N–H and O–H groups in total. The number of hydrogen-bond donors (Lipinski definition) is 1. The molecule has 2 aromatic rings. The number of non-ortho nitro benzene ring substituents is 1. The first-order chi connectivity index (χ1) is 9.86. The van der Waals surface area contributed by atoms with Crippen molar-refractivity contribution in [1.29, 1.82) is 0 Å². The van der Waals surface area contributed by atoms with Gasteiger partial charge in [-0.1, -0.05) is 33.6 Å². The van der Waals surface area contributed by atoms with Gasteiger partial charge in [-0.15, -0.1) is 0 Å². The van der Waals surface area contributed by atoms with Gasteiger partial charge < -0.3 is 9.84 Å². The first-order valence-corrected chi connectivity index (χ1v) is 7.14. The lowest BCUT2D eigenvalue weighted by Crippen LogP contribution is -1.93. The maximum absolute atomic E-state index is 10.8. The van der Waals surface area contributed by atoms with Crippen LogP contribution in [0.15, 0.2) is 40.9 Å². The van der Waals surface area contributed by atoms with Crippen molar-refractivity contribution in [3.8, 4) is 11.5 Å². The third-order valence-corrected chi connectivity index (χ3v) is 3.49. The second-order valence-electron chi connectivity index (χ2n) is 4.37. The Morgan fingerprint density at radius 2 is 2.05 bits per heavy atom. The van der Waals surface area contributed by atoms with Gasteiger partial charge in [-0.25, -0.2) is 0 Å². The first-order valence-electron chi connectivity index (χ1n) is 5.97. The lowest BCUT2D eigenvalue weighted by Gasteiger charge is -2.10. The second-order valence-corrected chi connectivity index (χ2v) is 5.69. The summed E-state index contributed by atoms with van der Waals surface area (Å²) in [5, 5.41) is 20.6. The van der Waals surface area contributed by atoms with Crippen molar-refractivity contribution in [3.63, 3.8) is 0 Å². The molecule has 0 amide bonds. The van der Waals surface area contributed by atoms with Gasteiger partial charge in [0.15, 0.2) is 0 Å². The van der Waals surface area contributed by atoms with Crippen molar-refractivity contribution >= 4 is 33.2 Å². The Labute approximate surface area is 134 Å². The van der Waals surface area contributed by atoms with Crippen LogP contribution in [-0.4, -0.2) is 10.0 Å². The van der Waals surface area contributed by atoms with Crippen molar-refractivity contribution in [2.45, 2.75) is 13.0 Å². The molecular weight excluding hydrogens is 362 g/mol. The molecule has 0 aliphatic rings. The van der Waals surface area contributed by atoms with Gasteiger partial charge in [-0.05, 0) is 30.7 Å². The zero-order valence-corrected chi connectivity index (χ0v) is 13.3. The molecule has 0 radical (unpaired) electrons. The Morgan fingerprint density at radius 3 is 2.62 bits per heavy atom. The molecule has 0 bridgehead atoms. The predicted molar refractivity (Wildman–Crippen MR) is 83.0 cm³/mol. The summed E-state index contributed by atoms with van der Waals surface area (Å²) < 4.78 is 6.10. The fourth-order valence-corrected chi connectivity index (χ4v) is 2.39. The fourth-order valence-electron chi connectivity index (χ4n) is 1.70. The van der Waals surface area contributed by atoms with Gasteiger partial charge in [0.1, 0.15) is 11.5 Å². The van der Waals surface area contributed by atoms with Crippen LogP contribution >= 0.6 is 27.5 Å². The van der Waals surface area contributed by atoms with E-state index in [1.807, 2.05) is 0 Å². The van der Waals surface area contributed by atoms with Gasteiger partial charge in [-0.3, -0.25) is 10.1 Å². The number of rotatable bonds is 4. The Kier molecular flexibility index (Phi) is 4.82. The minimum atomic E-state index is -0.636. The second kappa shape index (κ2) is 6.43. The standard InChI is InChI=1S/C14H11BrClNO4/c1-8(18)9-2-3-14(13(16)4-9)21-12-6-10(15)5-11(7-12)17(19)20/h2-8,18H,1H3. The highest BCUT2D eigenvalue weighted by Crippen LogP contribution is 2.34. The molecule has 0 aliphatic carbocycles. The Bertz CT molecular complexity index is 691. The van der Waals surface area contributed by atoms with Crippen LogP contribution in [-0.2, 0) is 0 Å². The average molecular weight is 373 g/mol. The van der Waals surface area contributed by atoms with E-state index >= 15 is 0 Å².